The maximum absolute atomic E-state index is 5.85. The molecule has 1 aliphatic heterocycles. The van der Waals surface area contributed by atoms with E-state index >= 15 is 0 Å². The zero-order valence-corrected chi connectivity index (χ0v) is 14.7. The number of aryl methyl sites for hydroxylation is 2. The lowest BCUT2D eigenvalue weighted by Gasteiger charge is -2.26. The van der Waals surface area contributed by atoms with Gasteiger partial charge in [0.2, 0.25) is 0 Å². The minimum absolute atomic E-state index is 0.672. The van der Waals surface area contributed by atoms with E-state index in [0.29, 0.717) is 6.61 Å². The highest BCUT2D eigenvalue weighted by Gasteiger charge is 2.25. The molecule has 0 spiro atoms. The van der Waals surface area contributed by atoms with E-state index in [1.165, 1.54) is 29.8 Å². The van der Waals surface area contributed by atoms with Crippen LogP contribution in [0, 0.1) is 12.8 Å². The van der Waals surface area contributed by atoms with E-state index in [2.05, 4.69) is 29.2 Å². The molecule has 0 N–H and O–H groups in total. The van der Waals surface area contributed by atoms with Crippen LogP contribution in [-0.4, -0.2) is 32.8 Å². The molecule has 1 aliphatic carbocycles. The van der Waals surface area contributed by atoms with Crippen LogP contribution in [-0.2, 0) is 37.9 Å². The molecule has 2 aromatic rings. The summed E-state index contributed by atoms with van der Waals surface area (Å²) in [4.78, 5) is 7.05. The van der Waals surface area contributed by atoms with Gasteiger partial charge >= 0.3 is 0 Å². The number of thiazole rings is 1. The highest BCUT2D eigenvalue weighted by molar-refractivity contribution is 7.09. The summed E-state index contributed by atoms with van der Waals surface area (Å²) in [6.45, 7) is 6.61. The van der Waals surface area contributed by atoms with Gasteiger partial charge < -0.3 is 4.74 Å². The molecular formula is C17H24N4OS. The fourth-order valence-corrected chi connectivity index (χ4v) is 3.88. The highest BCUT2D eigenvalue weighted by Crippen LogP contribution is 2.29. The van der Waals surface area contributed by atoms with Crippen molar-refractivity contribution in [2.75, 3.05) is 13.2 Å². The lowest BCUT2D eigenvalue weighted by molar-refractivity contribution is 0.107. The van der Waals surface area contributed by atoms with Gasteiger partial charge in [0.1, 0.15) is 0 Å². The molecule has 1 fully saturated rings. The molecule has 0 amide bonds. The third-order valence-electron chi connectivity index (χ3n) is 4.75. The Morgan fingerprint density at radius 2 is 2.26 bits per heavy atom. The third kappa shape index (κ3) is 3.49. The highest BCUT2D eigenvalue weighted by atomic mass is 32.1. The summed E-state index contributed by atoms with van der Waals surface area (Å²) < 4.78 is 7.90. The van der Waals surface area contributed by atoms with Crippen molar-refractivity contribution in [1.82, 2.24) is 19.7 Å². The number of nitrogens with zero attached hydrogens (tertiary/aromatic N) is 4. The molecular weight excluding hydrogens is 308 g/mol. The Labute approximate surface area is 141 Å². The molecule has 124 valence electrons. The summed E-state index contributed by atoms with van der Waals surface area (Å²) in [7, 11) is 2.06. The predicted octanol–water partition coefficient (Wildman–Crippen LogP) is 2.67. The van der Waals surface area contributed by atoms with Crippen molar-refractivity contribution in [2.45, 2.75) is 45.9 Å². The van der Waals surface area contributed by atoms with Gasteiger partial charge in [0, 0.05) is 44.2 Å². The fraction of sp³-hybridized carbons (Fsp3) is 0.647. The molecule has 0 atom stereocenters. The maximum Gasteiger partial charge on any atom is 0.0917 e. The molecule has 23 heavy (non-hydrogen) atoms. The number of fused-ring (bicyclic) bond motifs is 1. The molecule has 0 unspecified atom stereocenters. The van der Waals surface area contributed by atoms with E-state index in [4.69, 9.17) is 9.84 Å². The van der Waals surface area contributed by atoms with Gasteiger partial charge in [-0.15, -0.1) is 11.3 Å². The van der Waals surface area contributed by atoms with Gasteiger partial charge in [-0.1, -0.05) is 0 Å². The van der Waals surface area contributed by atoms with Gasteiger partial charge in [-0.25, -0.2) is 4.98 Å². The van der Waals surface area contributed by atoms with Crippen LogP contribution in [0.1, 0.15) is 40.5 Å². The zero-order chi connectivity index (χ0) is 15.8. The van der Waals surface area contributed by atoms with Crippen LogP contribution in [0.25, 0.3) is 0 Å². The standard InChI is InChI=1S/C17H24N4OS/c1-12-18-14(11-23-12)7-21-6-5-15-16(10-22-9-13-3-4-13)19-20(2)17(15)8-21/h11,13H,3-10H2,1-2H3. The van der Waals surface area contributed by atoms with Crippen LogP contribution in [0.4, 0.5) is 0 Å². The molecule has 3 heterocycles. The van der Waals surface area contributed by atoms with E-state index in [-0.39, 0.29) is 0 Å². The Morgan fingerprint density at radius 3 is 3.00 bits per heavy atom. The second kappa shape index (κ2) is 6.34. The second-order valence-corrected chi connectivity index (χ2v) is 7.83. The average Bonchev–Trinajstić information content (AvgIpc) is 3.19. The number of hydrogen-bond acceptors (Lipinski definition) is 5. The summed E-state index contributed by atoms with van der Waals surface area (Å²) in [6.07, 6.45) is 3.74. The largest absolute Gasteiger partial charge is 0.375 e. The molecule has 6 heteroatoms. The Hall–Kier alpha value is -1.24. The smallest absolute Gasteiger partial charge is 0.0917 e. The van der Waals surface area contributed by atoms with Crippen LogP contribution >= 0.6 is 11.3 Å². The fourth-order valence-electron chi connectivity index (χ4n) is 3.28. The number of aromatic nitrogens is 3. The van der Waals surface area contributed by atoms with Crippen molar-refractivity contribution in [2.24, 2.45) is 13.0 Å². The average molecular weight is 332 g/mol. The lowest BCUT2D eigenvalue weighted by Crippen LogP contribution is -2.31. The molecule has 4 rings (SSSR count). The van der Waals surface area contributed by atoms with E-state index in [1.807, 2.05) is 4.68 Å². The quantitative estimate of drug-likeness (QED) is 0.816. The van der Waals surface area contributed by atoms with Crippen LogP contribution in [0.5, 0.6) is 0 Å². The van der Waals surface area contributed by atoms with E-state index in [9.17, 15) is 0 Å². The first-order chi connectivity index (χ1) is 11.2. The Morgan fingerprint density at radius 1 is 1.39 bits per heavy atom. The van der Waals surface area contributed by atoms with Gasteiger partial charge in [0.05, 0.1) is 28.7 Å². The van der Waals surface area contributed by atoms with E-state index in [0.717, 1.165) is 49.3 Å². The van der Waals surface area contributed by atoms with Gasteiger partial charge in [0.25, 0.3) is 0 Å². The second-order valence-electron chi connectivity index (χ2n) is 6.77. The third-order valence-corrected chi connectivity index (χ3v) is 5.57. The molecule has 0 bridgehead atoms. The molecule has 2 aliphatic rings. The molecule has 0 aromatic carbocycles. The molecule has 5 nitrogen and oxygen atoms in total. The summed E-state index contributed by atoms with van der Waals surface area (Å²) in [6, 6.07) is 0. The Kier molecular flexibility index (Phi) is 4.22. The Bertz CT molecular complexity index is 689. The summed E-state index contributed by atoms with van der Waals surface area (Å²) in [5.74, 6) is 0.812. The monoisotopic (exact) mass is 332 g/mol. The van der Waals surface area contributed by atoms with Crippen molar-refractivity contribution in [1.29, 1.82) is 0 Å². The van der Waals surface area contributed by atoms with Crippen LogP contribution in [0.3, 0.4) is 0 Å². The van der Waals surface area contributed by atoms with Crippen molar-refractivity contribution < 1.29 is 4.74 Å². The van der Waals surface area contributed by atoms with Crippen molar-refractivity contribution in [3.8, 4) is 0 Å². The SMILES string of the molecule is Cc1nc(CN2CCc3c(COCC4CC4)nn(C)c3C2)cs1. The van der Waals surface area contributed by atoms with Gasteiger partial charge in [-0.2, -0.15) is 5.10 Å². The molecule has 2 aromatic heterocycles. The first kappa shape index (κ1) is 15.3. The molecule has 0 radical (unpaired) electrons. The number of rotatable bonds is 6. The van der Waals surface area contributed by atoms with Crippen LogP contribution < -0.4 is 0 Å². The van der Waals surface area contributed by atoms with Crippen molar-refractivity contribution in [3.05, 3.63) is 33.0 Å². The topological polar surface area (TPSA) is 43.2 Å². The van der Waals surface area contributed by atoms with Crippen LogP contribution in [0.2, 0.25) is 0 Å². The zero-order valence-electron chi connectivity index (χ0n) is 13.9. The van der Waals surface area contributed by atoms with Crippen molar-refractivity contribution in [3.63, 3.8) is 0 Å². The normalized spacial score (nSPS) is 18.3. The first-order valence-corrected chi connectivity index (χ1v) is 9.31. The number of hydrogen-bond donors (Lipinski definition) is 0. The first-order valence-electron chi connectivity index (χ1n) is 8.44. The lowest BCUT2D eigenvalue weighted by atomic mass is 10.0. The van der Waals surface area contributed by atoms with Crippen LogP contribution in [0.15, 0.2) is 5.38 Å². The van der Waals surface area contributed by atoms with E-state index in [1.54, 1.807) is 11.3 Å². The number of ether oxygens (including phenoxy) is 1. The van der Waals surface area contributed by atoms with Gasteiger partial charge in [-0.05, 0) is 32.1 Å². The summed E-state index contributed by atoms with van der Waals surface area (Å²) in [5, 5.41) is 8.03. The minimum atomic E-state index is 0.672. The Balaban J connectivity index is 1.41. The summed E-state index contributed by atoms with van der Waals surface area (Å²) >= 11 is 1.73. The van der Waals surface area contributed by atoms with Gasteiger partial charge in [0.15, 0.2) is 0 Å². The van der Waals surface area contributed by atoms with E-state index < -0.39 is 0 Å². The van der Waals surface area contributed by atoms with Gasteiger partial charge in [-0.3, -0.25) is 9.58 Å². The molecule has 0 saturated heterocycles. The predicted molar refractivity (Wildman–Crippen MR) is 90.3 cm³/mol. The summed E-state index contributed by atoms with van der Waals surface area (Å²) in [5.41, 5.74) is 5.08. The minimum Gasteiger partial charge on any atom is -0.375 e. The van der Waals surface area contributed by atoms with Crippen molar-refractivity contribution >= 4 is 11.3 Å². The molecule has 1 saturated carbocycles. The maximum atomic E-state index is 5.85.